The topological polar surface area (TPSA) is 64.6 Å². The molecule has 0 bridgehead atoms. The van der Waals surface area contributed by atoms with E-state index in [1.807, 2.05) is 0 Å². The number of rotatable bonds is 4. The Morgan fingerprint density at radius 1 is 1.35 bits per heavy atom. The van der Waals surface area contributed by atoms with Crippen LogP contribution in [0.25, 0.3) is 0 Å². The van der Waals surface area contributed by atoms with E-state index in [0.717, 1.165) is 4.47 Å². The fourth-order valence-electron chi connectivity index (χ4n) is 1.18. The van der Waals surface area contributed by atoms with Gasteiger partial charge in [-0.05, 0) is 18.2 Å². The van der Waals surface area contributed by atoms with E-state index in [1.165, 1.54) is 14.2 Å². The summed E-state index contributed by atoms with van der Waals surface area (Å²) in [6, 6.07) is 5.04. The summed E-state index contributed by atoms with van der Waals surface area (Å²) in [4.78, 5) is 22.7. The molecule has 1 rings (SSSR count). The zero-order valence-electron chi connectivity index (χ0n) is 9.45. The summed E-state index contributed by atoms with van der Waals surface area (Å²) in [7, 11) is 2.73. The quantitative estimate of drug-likeness (QED) is 0.853. The number of ether oxygens (including phenoxy) is 2. The lowest BCUT2D eigenvalue weighted by atomic mass is 10.2. The number of esters is 1. The van der Waals surface area contributed by atoms with Gasteiger partial charge in [0, 0.05) is 4.47 Å². The highest BCUT2D eigenvalue weighted by molar-refractivity contribution is 9.10. The largest absolute Gasteiger partial charge is 0.496 e. The molecule has 0 aliphatic rings. The molecule has 0 spiro atoms. The van der Waals surface area contributed by atoms with Crippen LogP contribution in [0.2, 0.25) is 0 Å². The molecule has 0 aromatic heterocycles. The molecular formula is C11H12BrNO4. The fourth-order valence-corrected chi connectivity index (χ4v) is 1.54. The van der Waals surface area contributed by atoms with Gasteiger partial charge in [-0.15, -0.1) is 0 Å². The van der Waals surface area contributed by atoms with Crippen molar-refractivity contribution in [2.45, 2.75) is 0 Å². The first-order chi connectivity index (χ1) is 8.08. The Morgan fingerprint density at radius 3 is 2.65 bits per heavy atom. The highest BCUT2D eigenvalue weighted by atomic mass is 79.9. The number of hydrogen-bond acceptors (Lipinski definition) is 4. The van der Waals surface area contributed by atoms with Crippen LogP contribution in [0.3, 0.4) is 0 Å². The molecule has 0 aliphatic heterocycles. The van der Waals surface area contributed by atoms with Gasteiger partial charge < -0.3 is 14.8 Å². The molecule has 1 amide bonds. The minimum atomic E-state index is -0.507. The maximum Gasteiger partial charge on any atom is 0.325 e. The average molecular weight is 302 g/mol. The lowest BCUT2D eigenvalue weighted by molar-refractivity contribution is -0.139. The average Bonchev–Trinajstić information content (AvgIpc) is 2.35. The number of amides is 1. The molecule has 0 unspecified atom stereocenters. The van der Waals surface area contributed by atoms with Crippen molar-refractivity contribution in [2.24, 2.45) is 0 Å². The van der Waals surface area contributed by atoms with Gasteiger partial charge in [0.25, 0.3) is 5.91 Å². The van der Waals surface area contributed by atoms with Crippen LogP contribution in [0.1, 0.15) is 10.4 Å². The second-order valence-corrected chi connectivity index (χ2v) is 4.02. The molecule has 5 nitrogen and oxygen atoms in total. The van der Waals surface area contributed by atoms with Crippen molar-refractivity contribution >= 4 is 27.8 Å². The Balaban J connectivity index is 2.80. The molecule has 0 radical (unpaired) electrons. The van der Waals surface area contributed by atoms with Gasteiger partial charge in [0.05, 0.1) is 19.8 Å². The number of nitrogens with one attached hydrogen (secondary N) is 1. The Kier molecular flexibility index (Phi) is 4.96. The molecule has 0 atom stereocenters. The predicted molar refractivity (Wildman–Crippen MR) is 65.0 cm³/mol. The monoisotopic (exact) mass is 301 g/mol. The summed E-state index contributed by atoms with van der Waals surface area (Å²) in [5.41, 5.74) is 0.353. The Hall–Kier alpha value is -1.56. The number of carbonyl (C=O) groups excluding carboxylic acids is 2. The second kappa shape index (κ2) is 6.24. The second-order valence-electron chi connectivity index (χ2n) is 3.10. The molecule has 0 saturated heterocycles. The lowest BCUT2D eigenvalue weighted by Crippen LogP contribution is -2.30. The van der Waals surface area contributed by atoms with Crippen molar-refractivity contribution in [1.82, 2.24) is 5.32 Å². The third-order valence-electron chi connectivity index (χ3n) is 2.03. The standard InChI is InChI=1S/C11H12BrNO4/c1-16-9-4-3-7(12)5-8(9)11(15)13-6-10(14)17-2/h3-5H,6H2,1-2H3,(H,13,15). The zero-order valence-corrected chi connectivity index (χ0v) is 11.0. The van der Waals surface area contributed by atoms with Gasteiger partial charge in [0.1, 0.15) is 12.3 Å². The van der Waals surface area contributed by atoms with Crippen molar-refractivity contribution in [3.05, 3.63) is 28.2 Å². The number of hydrogen-bond donors (Lipinski definition) is 1. The summed E-state index contributed by atoms with van der Waals surface area (Å²) in [6.07, 6.45) is 0. The number of methoxy groups -OCH3 is 2. The maximum atomic E-state index is 11.8. The Bertz CT molecular complexity index is 433. The van der Waals surface area contributed by atoms with E-state index in [9.17, 15) is 9.59 Å². The van der Waals surface area contributed by atoms with Crippen molar-refractivity contribution in [3.63, 3.8) is 0 Å². The van der Waals surface area contributed by atoms with Crippen LogP contribution in [0.5, 0.6) is 5.75 Å². The van der Waals surface area contributed by atoms with E-state index in [2.05, 4.69) is 26.0 Å². The van der Waals surface area contributed by atoms with E-state index in [0.29, 0.717) is 11.3 Å². The van der Waals surface area contributed by atoms with Crippen molar-refractivity contribution in [1.29, 1.82) is 0 Å². The summed E-state index contributed by atoms with van der Waals surface area (Å²) in [5.74, 6) is -0.462. The van der Waals surface area contributed by atoms with Crippen LogP contribution >= 0.6 is 15.9 Å². The zero-order chi connectivity index (χ0) is 12.8. The summed E-state index contributed by atoms with van der Waals surface area (Å²) >= 11 is 3.26. The molecule has 0 aliphatic carbocycles. The van der Waals surface area contributed by atoms with E-state index in [-0.39, 0.29) is 6.54 Å². The van der Waals surface area contributed by atoms with Crippen LogP contribution in [0, 0.1) is 0 Å². The number of benzene rings is 1. The molecule has 1 aromatic carbocycles. The van der Waals surface area contributed by atoms with Crippen molar-refractivity contribution in [3.8, 4) is 5.75 Å². The van der Waals surface area contributed by atoms with Gasteiger partial charge in [0.15, 0.2) is 0 Å². The molecule has 0 fully saturated rings. The summed E-state index contributed by atoms with van der Waals surface area (Å²) in [6.45, 7) is -0.176. The highest BCUT2D eigenvalue weighted by Crippen LogP contribution is 2.22. The molecule has 17 heavy (non-hydrogen) atoms. The predicted octanol–water partition coefficient (Wildman–Crippen LogP) is 1.36. The SMILES string of the molecule is COC(=O)CNC(=O)c1cc(Br)ccc1OC. The van der Waals surface area contributed by atoms with E-state index >= 15 is 0 Å². The molecule has 0 heterocycles. The van der Waals surface area contributed by atoms with Crippen LogP contribution in [0.15, 0.2) is 22.7 Å². The minimum Gasteiger partial charge on any atom is -0.496 e. The first-order valence-corrected chi connectivity index (χ1v) is 5.56. The first-order valence-electron chi connectivity index (χ1n) is 4.77. The van der Waals surface area contributed by atoms with Gasteiger partial charge in [-0.2, -0.15) is 0 Å². The van der Waals surface area contributed by atoms with Gasteiger partial charge in [-0.1, -0.05) is 15.9 Å². The van der Waals surface area contributed by atoms with Gasteiger partial charge >= 0.3 is 5.97 Å². The van der Waals surface area contributed by atoms with Crippen molar-refractivity contribution < 1.29 is 19.1 Å². The maximum absolute atomic E-state index is 11.8. The lowest BCUT2D eigenvalue weighted by Gasteiger charge is -2.09. The normalized spacial score (nSPS) is 9.59. The third kappa shape index (κ3) is 3.74. The van der Waals surface area contributed by atoms with E-state index < -0.39 is 11.9 Å². The molecule has 1 N–H and O–H groups in total. The van der Waals surface area contributed by atoms with Crippen LogP contribution in [-0.4, -0.2) is 32.6 Å². The third-order valence-corrected chi connectivity index (χ3v) is 2.52. The Labute approximate surface area is 107 Å². The molecule has 1 aromatic rings. The van der Waals surface area contributed by atoms with E-state index in [1.54, 1.807) is 18.2 Å². The molecule has 92 valence electrons. The fraction of sp³-hybridized carbons (Fsp3) is 0.273. The summed E-state index contributed by atoms with van der Waals surface area (Å²) in [5, 5.41) is 2.44. The molecule has 0 saturated carbocycles. The Morgan fingerprint density at radius 2 is 2.06 bits per heavy atom. The molecular weight excluding hydrogens is 290 g/mol. The van der Waals surface area contributed by atoms with Crippen LogP contribution < -0.4 is 10.1 Å². The number of carbonyl (C=O) groups is 2. The summed E-state index contributed by atoms with van der Waals surface area (Å²) < 4.78 is 10.2. The van der Waals surface area contributed by atoms with Gasteiger partial charge in [0.2, 0.25) is 0 Å². The number of halogens is 1. The van der Waals surface area contributed by atoms with Gasteiger partial charge in [-0.3, -0.25) is 9.59 Å². The van der Waals surface area contributed by atoms with Crippen molar-refractivity contribution in [2.75, 3.05) is 20.8 Å². The van der Waals surface area contributed by atoms with Crippen LogP contribution in [0.4, 0.5) is 0 Å². The smallest absolute Gasteiger partial charge is 0.325 e. The molecule has 6 heteroatoms. The minimum absolute atomic E-state index is 0.176. The van der Waals surface area contributed by atoms with E-state index in [4.69, 9.17) is 4.74 Å². The first kappa shape index (κ1) is 13.5. The van der Waals surface area contributed by atoms with Gasteiger partial charge in [-0.25, -0.2) is 0 Å². The highest BCUT2D eigenvalue weighted by Gasteiger charge is 2.13. The van der Waals surface area contributed by atoms with Crippen LogP contribution in [-0.2, 0) is 9.53 Å².